The van der Waals surface area contributed by atoms with Crippen molar-refractivity contribution < 1.29 is 4.74 Å². The molecule has 0 aliphatic rings. The Kier molecular flexibility index (Phi) is 4.09. The van der Waals surface area contributed by atoms with E-state index in [0.29, 0.717) is 0 Å². The van der Waals surface area contributed by atoms with Crippen molar-refractivity contribution >= 4 is 11.9 Å². The Hall–Kier alpha value is -1.58. The molecule has 1 aromatic rings. The molecule has 0 aliphatic carbocycles. The number of aromatic nitrogens is 2. The number of hydrogen-bond acceptors (Lipinski definition) is 3. The maximum absolute atomic E-state index is 5.61. The van der Waals surface area contributed by atoms with Gasteiger partial charge in [0.05, 0.1) is 12.3 Å². The molecule has 0 saturated heterocycles. The second-order valence-corrected chi connectivity index (χ2v) is 3.45. The van der Waals surface area contributed by atoms with E-state index in [-0.39, 0.29) is 6.10 Å². The number of nitrogens with one attached hydrogen (secondary N) is 1. The van der Waals surface area contributed by atoms with Gasteiger partial charge >= 0.3 is 0 Å². The number of allylic oxidation sites excluding steroid dienone is 1. The minimum Gasteiger partial charge on any atom is -0.493 e. The van der Waals surface area contributed by atoms with Crippen LogP contribution in [0.1, 0.15) is 33.3 Å². The predicted octanol–water partition coefficient (Wildman–Crippen LogP) is 2.61. The fourth-order valence-electron chi connectivity index (χ4n) is 1.29. The summed E-state index contributed by atoms with van der Waals surface area (Å²) in [4.78, 5) is 4.29. The molecule has 0 atom stereocenters. The van der Waals surface area contributed by atoms with Gasteiger partial charge in [-0.3, -0.25) is 10.1 Å². The van der Waals surface area contributed by atoms with Crippen LogP contribution in [0.2, 0.25) is 0 Å². The van der Waals surface area contributed by atoms with Gasteiger partial charge in [-0.05, 0) is 27.7 Å². The van der Waals surface area contributed by atoms with Crippen LogP contribution in [0.5, 0.6) is 0 Å². The van der Waals surface area contributed by atoms with E-state index in [0.717, 1.165) is 17.0 Å². The molecular formula is C11H17N3O. The molecule has 82 valence electrons. The number of aliphatic imine (C=N–C) groups is 1. The maximum Gasteiger partial charge on any atom is 0.120 e. The molecule has 0 unspecified atom stereocenters. The van der Waals surface area contributed by atoms with E-state index in [1.165, 1.54) is 0 Å². The number of H-pyrrole nitrogens is 1. The minimum absolute atomic E-state index is 0.152. The third-order valence-corrected chi connectivity index (χ3v) is 1.78. The number of hydrogen-bond donors (Lipinski definition) is 1. The average Bonchev–Trinajstić information content (AvgIpc) is 2.65. The van der Waals surface area contributed by atoms with Crippen LogP contribution in [0.15, 0.2) is 23.1 Å². The molecule has 0 saturated carbocycles. The molecule has 0 radical (unpaired) electrons. The second-order valence-electron chi connectivity index (χ2n) is 3.45. The minimum atomic E-state index is 0.152. The predicted molar refractivity (Wildman–Crippen MR) is 61.6 cm³/mol. The number of nitrogens with zero attached hydrogens (tertiary/aromatic N) is 2. The van der Waals surface area contributed by atoms with E-state index in [4.69, 9.17) is 4.74 Å². The van der Waals surface area contributed by atoms with Crippen LogP contribution in [-0.4, -0.2) is 22.5 Å². The largest absolute Gasteiger partial charge is 0.493 e. The Morgan fingerprint density at radius 2 is 2.33 bits per heavy atom. The summed E-state index contributed by atoms with van der Waals surface area (Å²) in [5, 5.41) is 6.66. The zero-order valence-electron chi connectivity index (χ0n) is 9.61. The van der Waals surface area contributed by atoms with Crippen molar-refractivity contribution in [1.82, 2.24) is 10.2 Å². The summed E-state index contributed by atoms with van der Waals surface area (Å²) in [5.41, 5.74) is 1.76. The van der Waals surface area contributed by atoms with E-state index >= 15 is 0 Å². The van der Waals surface area contributed by atoms with E-state index in [9.17, 15) is 0 Å². The molecular weight excluding hydrogens is 190 g/mol. The lowest BCUT2D eigenvalue weighted by Crippen LogP contribution is -2.01. The maximum atomic E-state index is 5.61. The summed E-state index contributed by atoms with van der Waals surface area (Å²) in [6.07, 6.45) is 5.43. The van der Waals surface area contributed by atoms with Crippen molar-refractivity contribution in [1.29, 1.82) is 0 Å². The lowest BCUT2D eigenvalue weighted by molar-refractivity contribution is 0.150. The van der Waals surface area contributed by atoms with Gasteiger partial charge in [0.1, 0.15) is 11.5 Å². The van der Waals surface area contributed by atoms with E-state index in [1.54, 1.807) is 18.6 Å². The van der Waals surface area contributed by atoms with E-state index in [2.05, 4.69) is 15.2 Å². The van der Waals surface area contributed by atoms with E-state index < -0.39 is 0 Å². The van der Waals surface area contributed by atoms with Crippen LogP contribution >= 0.6 is 0 Å². The monoisotopic (exact) mass is 207 g/mol. The fourth-order valence-corrected chi connectivity index (χ4v) is 1.29. The van der Waals surface area contributed by atoms with Crippen LogP contribution in [0.3, 0.4) is 0 Å². The lowest BCUT2D eigenvalue weighted by atomic mass is 10.2. The fraction of sp³-hybridized carbons (Fsp3) is 0.455. The summed E-state index contributed by atoms with van der Waals surface area (Å²) in [6, 6.07) is 0. The van der Waals surface area contributed by atoms with Crippen molar-refractivity contribution in [3.63, 3.8) is 0 Å². The van der Waals surface area contributed by atoms with Gasteiger partial charge in [-0.15, -0.1) is 0 Å². The van der Waals surface area contributed by atoms with Crippen LogP contribution in [0.25, 0.3) is 5.70 Å². The number of ether oxygens (including phenoxy) is 1. The highest BCUT2D eigenvalue weighted by Gasteiger charge is 2.07. The Balaban J connectivity index is 3.01. The van der Waals surface area contributed by atoms with Crippen LogP contribution in [0, 0.1) is 0 Å². The zero-order chi connectivity index (χ0) is 11.3. The molecule has 1 rings (SSSR count). The Labute approximate surface area is 90.1 Å². The van der Waals surface area contributed by atoms with E-state index in [1.807, 2.05) is 27.7 Å². The van der Waals surface area contributed by atoms with Crippen molar-refractivity contribution in [2.75, 3.05) is 0 Å². The van der Waals surface area contributed by atoms with Crippen molar-refractivity contribution in [3.05, 3.63) is 23.7 Å². The number of aromatic amines is 1. The van der Waals surface area contributed by atoms with Gasteiger partial charge in [0, 0.05) is 18.0 Å². The molecule has 1 heterocycles. The van der Waals surface area contributed by atoms with Gasteiger partial charge in [-0.2, -0.15) is 5.10 Å². The van der Waals surface area contributed by atoms with Crippen molar-refractivity contribution in [2.24, 2.45) is 4.99 Å². The van der Waals surface area contributed by atoms with Gasteiger partial charge in [0.2, 0.25) is 0 Å². The standard InChI is InChI=1S/C11H17N3O/c1-5-12-11(9(4)15-8(2)3)10-6-13-14-7-10/h5-8H,1-4H3,(H,13,14)/b11-9+,12-5?. The van der Waals surface area contributed by atoms with Crippen molar-refractivity contribution in [3.8, 4) is 0 Å². The molecule has 0 aliphatic heterocycles. The first-order valence-corrected chi connectivity index (χ1v) is 5.00. The Morgan fingerprint density at radius 1 is 1.60 bits per heavy atom. The Morgan fingerprint density at radius 3 is 2.80 bits per heavy atom. The summed E-state index contributed by atoms with van der Waals surface area (Å²) in [7, 11) is 0. The Bertz CT molecular complexity index is 350. The van der Waals surface area contributed by atoms with Crippen molar-refractivity contribution in [2.45, 2.75) is 33.8 Å². The highest BCUT2D eigenvalue weighted by Crippen LogP contribution is 2.20. The van der Waals surface area contributed by atoms with Gasteiger partial charge < -0.3 is 4.74 Å². The molecule has 0 aromatic carbocycles. The average molecular weight is 207 g/mol. The highest BCUT2D eigenvalue weighted by molar-refractivity contribution is 5.73. The van der Waals surface area contributed by atoms with Gasteiger partial charge in [0.15, 0.2) is 0 Å². The second kappa shape index (κ2) is 5.34. The molecule has 15 heavy (non-hydrogen) atoms. The molecule has 0 bridgehead atoms. The quantitative estimate of drug-likeness (QED) is 0.609. The first kappa shape index (κ1) is 11.5. The summed E-state index contributed by atoms with van der Waals surface area (Å²) < 4.78 is 5.61. The molecule has 0 amide bonds. The topological polar surface area (TPSA) is 50.3 Å². The first-order valence-electron chi connectivity index (χ1n) is 5.00. The normalized spacial score (nSPS) is 13.4. The molecule has 0 fully saturated rings. The number of rotatable bonds is 4. The third-order valence-electron chi connectivity index (χ3n) is 1.78. The molecule has 1 aromatic heterocycles. The third kappa shape index (κ3) is 3.23. The van der Waals surface area contributed by atoms with Crippen LogP contribution < -0.4 is 0 Å². The highest BCUT2D eigenvalue weighted by atomic mass is 16.5. The molecule has 4 heteroatoms. The van der Waals surface area contributed by atoms with Crippen LogP contribution in [0.4, 0.5) is 0 Å². The first-order chi connectivity index (χ1) is 7.15. The zero-order valence-corrected chi connectivity index (χ0v) is 9.61. The van der Waals surface area contributed by atoms with Crippen LogP contribution in [-0.2, 0) is 4.74 Å². The lowest BCUT2D eigenvalue weighted by Gasteiger charge is -2.12. The van der Waals surface area contributed by atoms with Gasteiger partial charge in [-0.1, -0.05) is 0 Å². The molecule has 4 nitrogen and oxygen atoms in total. The smallest absolute Gasteiger partial charge is 0.120 e. The summed E-state index contributed by atoms with van der Waals surface area (Å²) in [6.45, 7) is 7.77. The molecule has 1 N–H and O–H groups in total. The SMILES string of the molecule is CC=N/C(=C(\C)OC(C)C)c1cn[nH]c1. The van der Waals surface area contributed by atoms with Gasteiger partial charge in [0.25, 0.3) is 0 Å². The van der Waals surface area contributed by atoms with Gasteiger partial charge in [-0.25, -0.2) is 0 Å². The summed E-state index contributed by atoms with van der Waals surface area (Å²) in [5.74, 6) is 0.810. The molecule has 0 spiro atoms. The summed E-state index contributed by atoms with van der Waals surface area (Å²) >= 11 is 0.